The Bertz CT molecular complexity index is 509. The first-order valence-corrected chi connectivity index (χ1v) is 6.30. The number of benzene rings is 1. The predicted molar refractivity (Wildman–Crippen MR) is 70.6 cm³/mol. The molecule has 2 aromatic rings. The average molecular weight is 240 g/mol. The molecule has 1 N–H and O–H groups in total. The number of para-hydroxylation sites is 1. The standard InChI is InChI=1S/C15H16N2O/c1-2-4-14(5-3-1)18-15-8-12(9-16-11-15)10-17-13-6-7-13/h1-5,8-9,11,13,17H,6-7,10H2. The van der Waals surface area contributed by atoms with Crippen molar-refractivity contribution in [2.45, 2.75) is 25.4 Å². The molecule has 0 spiro atoms. The molecule has 0 saturated heterocycles. The second kappa shape index (κ2) is 5.19. The number of aromatic nitrogens is 1. The van der Waals surface area contributed by atoms with E-state index in [1.807, 2.05) is 42.6 Å². The van der Waals surface area contributed by atoms with E-state index < -0.39 is 0 Å². The van der Waals surface area contributed by atoms with Crippen molar-refractivity contribution in [3.63, 3.8) is 0 Å². The van der Waals surface area contributed by atoms with Crippen molar-refractivity contribution in [2.75, 3.05) is 0 Å². The van der Waals surface area contributed by atoms with E-state index in [1.165, 1.54) is 12.8 Å². The van der Waals surface area contributed by atoms with Crippen LogP contribution in [0.3, 0.4) is 0 Å². The Kier molecular flexibility index (Phi) is 3.24. The lowest BCUT2D eigenvalue weighted by Gasteiger charge is -2.07. The zero-order chi connectivity index (χ0) is 12.2. The number of pyridine rings is 1. The molecule has 0 unspecified atom stereocenters. The number of nitrogens with zero attached hydrogens (tertiary/aromatic N) is 1. The molecule has 0 aliphatic heterocycles. The Morgan fingerprint density at radius 1 is 1.11 bits per heavy atom. The van der Waals surface area contributed by atoms with Crippen LogP contribution in [0.5, 0.6) is 11.5 Å². The summed E-state index contributed by atoms with van der Waals surface area (Å²) < 4.78 is 5.75. The van der Waals surface area contributed by atoms with Crippen LogP contribution in [0.15, 0.2) is 48.8 Å². The van der Waals surface area contributed by atoms with Gasteiger partial charge in [0.05, 0.1) is 6.20 Å². The van der Waals surface area contributed by atoms with Crippen molar-refractivity contribution in [1.29, 1.82) is 0 Å². The van der Waals surface area contributed by atoms with Gasteiger partial charge in [0, 0.05) is 18.8 Å². The van der Waals surface area contributed by atoms with Crippen LogP contribution in [0.25, 0.3) is 0 Å². The van der Waals surface area contributed by atoms with E-state index in [-0.39, 0.29) is 0 Å². The highest BCUT2D eigenvalue weighted by atomic mass is 16.5. The van der Waals surface area contributed by atoms with Crippen molar-refractivity contribution >= 4 is 0 Å². The molecule has 1 aromatic heterocycles. The average Bonchev–Trinajstić information content (AvgIpc) is 3.22. The molecule has 0 bridgehead atoms. The zero-order valence-corrected chi connectivity index (χ0v) is 10.2. The van der Waals surface area contributed by atoms with Crippen molar-refractivity contribution in [1.82, 2.24) is 10.3 Å². The van der Waals surface area contributed by atoms with Crippen molar-refractivity contribution in [3.8, 4) is 11.5 Å². The van der Waals surface area contributed by atoms with Gasteiger partial charge in [-0.15, -0.1) is 0 Å². The summed E-state index contributed by atoms with van der Waals surface area (Å²) in [7, 11) is 0. The Labute approximate surface area is 107 Å². The topological polar surface area (TPSA) is 34.1 Å². The van der Waals surface area contributed by atoms with Crippen molar-refractivity contribution < 1.29 is 4.74 Å². The molecule has 1 aliphatic rings. The van der Waals surface area contributed by atoms with E-state index in [4.69, 9.17) is 4.74 Å². The largest absolute Gasteiger partial charge is 0.456 e. The first-order chi connectivity index (χ1) is 8.90. The van der Waals surface area contributed by atoms with Gasteiger partial charge in [-0.2, -0.15) is 0 Å². The molecule has 1 aliphatic carbocycles. The van der Waals surface area contributed by atoms with Gasteiger partial charge in [-0.3, -0.25) is 4.98 Å². The van der Waals surface area contributed by atoms with Gasteiger partial charge >= 0.3 is 0 Å². The fourth-order valence-corrected chi connectivity index (χ4v) is 1.79. The normalized spacial score (nSPS) is 14.4. The van der Waals surface area contributed by atoms with Gasteiger partial charge < -0.3 is 10.1 Å². The predicted octanol–water partition coefficient (Wildman–Crippen LogP) is 3.13. The highest BCUT2D eigenvalue weighted by Gasteiger charge is 2.19. The van der Waals surface area contributed by atoms with E-state index in [0.717, 1.165) is 23.6 Å². The molecular formula is C15H16N2O. The van der Waals surface area contributed by atoms with Crippen LogP contribution >= 0.6 is 0 Å². The molecule has 92 valence electrons. The monoisotopic (exact) mass is 240 g/mol. The summed E-state index contributed by atoms with van der Waals surface area (Å²) in [6.07, 6.45) is 6.22. The highest BCUT2D eigenvalue weighted by Crippen LogP contribution is 2.22. The van der Waals surface area contributed by atoms with Crippen LogP contribution in [0.2, 0.25) is 0 Å². The molecule has 0 amide bonds. The quantitative estimate of drug-likeness (QED) is 0.871. The van der Waals surface area contributed by atoms with Gasteiger partial charge in [-0.05, 0) is 36.6 Å². The van der Waals surface area contributed by atoms with E-state index in [2.05, 4.69) is 10.3 Å². The van der Waals surface area contributed by atoms with Crippen LogP contribution in [-0.4, -0.2) is 11.0 Å². The molecule has 3 nitrogen and oxygen atoms in total. The Hall–Kier alpha value is -1.87. The van der Waals surface area contributed by atoms with E-state index in [9.17, 15) is 0 Å². The second-order valence-electron chi connectivity index (χ2n) is 4.60. The molecule has 1 heterocycles. The minimum absolute atomic E-state index is 0.712. The summed E-state index contributed by atoms with van der Waals surface area (Å²) in [5.41, 5.74) is 1.16. The molecular weight excluding hydrogens is 224 g/mol. The van der Waals surface area contributed by atoms with Gasteiger partial charge in [-0.1, -0.05) is 18.2 Å². The Balaban J connectivity index is 1.66. The van der Waals surface area contributed by atoms with E-state index in [1.54, 1.807) is 6.20 Å². The van der Waals surface area contributed by atoms with Crippen LogP contribution in [-0.2, 0) is 6.54 Å². The number of rotatable bonds is 5. The van der Waals surface area contributed by atoms with Gasteiger partial charge in [0.15, 0.2) is 0 Å². The summed E-state index contributed by atoms with van der Waals surface area (Å²) in [6, 6.07) is 12.5. The lowest BCUT2D eigenvalue weighted by Crippen LogP contribution is -2.15. The van der Waals surface area contributed by atoms with Crippen LogP contribution < -0.4 is 10.1 Å². The molecule has 0 atom stereocenters. The van der Waals surface area contributed by atoms with Gasteiger partial charge in [0.25, 0.3) is 0 Å². The fourth-order valence-electron chi connectivity index (χ4n) is 1.79. The van der Waals surface area contributed by atoms with Crippen LogP contribution in [0, 0.1) is 0 Å². The summed E-state index contributed by atoms with van der Waals surface area (Å²) in [5.74, 6) is 1.63. The Morgan fingerprint density at radius 2 is 1.94 bits per heavy atom. The molecule has 1 fully saturated rings. The minimum Gasteiger partial charge on any atom is -0.456 e. The maximum absolute atomic E-state index is 5.75. The maximum Gasteiger partial charge on any atom is 0.146 e. The zero-order valence-electron chi connectivity index (χ0n) is 10.2. The first kappa shape index (κ1) is 11.2. The SMILES string of the molecule is c1ccc(Oc2cncc(CNC3CC3)c2)cc1. The third-order valence-corrected chi connectivity index (χ3v) is 2.92. The molecule has 18 heavy (non-hydrogen) atoms. The third kappa shape index (κ3) is 3.08. The minimum atomic E-state index is 0.712. The number of hydrogen-bond acceptors (Lipinski definition) is 3. The van der Waals surface area contributed by atoms with E-state index in [0.29, 0.717) is 6.04 Å². The fraction of sp³-hybridized carbons (Fsp3) is 0.267. The summed E-state index contributed by atoms with van der Waals surface area (Å²) in [6.45, 7) is 0.865. The molecule has 3 rings (SSSR count). The summed E-state index contributed by atoms with van der Waals surface area (Å²) in [4.78, 5) is 4.21. The molecule has 0 radical (unpaired) electrons. The smallest absolute Gasteiger partial charge is 0.146 e. The van der Waals surface area contributed by atoms with Crippen molar-refractivity contribution in [3.05, 3.63) is 54.4 Å². The van der Waals surface area contributed by atoms with Gasteiger partial charge in [-0.25, -0.2) is 0 Å². The molecule has 1 saturated carbocycles. The van der Waals surface area contributed by atoms with Crippen LogP contribution in [0.1, 0.15) is 18.4 Å². The van der Waals surface area contributed by atoms with Crippen molar-refractivity contribution in [2.24, 2.45) is 0 Å². The van der Waals surface area contributed by atoms with Gasteiger partial charge in [0.1, 0.15) is 11.5 Å². The highest BCUT2D eigenvalue weighted by molar-refractivity contribution is 5.31. The summed E-state index contributed by atoms with van der Waals surface area (Å²) in [5, 5.41) is 3.47. The lowest BCUT2D eigenvalue weighted by atomic mass is 10.2. The summed E-state index contributed by atoms with van der Waals surface area (Å²) >= 11 is 0. The Morgan fingerprint density at radius 3 is 2.72 bits per heavy atom. The lowest BCUT2D eigenvalue weighted by molar-refractivity contribution is 0.479. The number of ether oxygens (including phenoxy) is 1. The van der Waals surface area contributed by atoms with E-state index >= 15 is 0 Å². The number of hydrogen-bond donors (Lipinski definition) is 1. The molecule has 3 heteroatoms. The second-order valence-corrected chi connectivity index (χ2v) is 4.60. The van der Waals surface area contributed by atoms with Gasteiger partial charge in [0.2, 0.25) is 0 Å². The first-order valence-electron chi connectivity index (χ1n) is 6.30. The molecule has 1 aromatic carbocycles. The number of nitrogens with one attached hydrogen (secondary N) is 1. The third-order valence-electron chi connectivity index (χ3n) is 2.92. The van der Waals surface area contributed by atoms with Crippen LogP contribution in [0.4, 0.5) is 0 Å². The maximum atomic E-state index is 5.75.